The molecular weight excluding hydrogens is 553 g/mol. The van der Waals surface area contributed by atoms with Crippen molar-refractivity contribution in [1.29, 1.82) is 0 Å². The third-order valence-electron chi connectivity index (χ3n) is 8.90. The molecule has 8 rings (SSSR count). The van der Waals surface area contributed by atoms with E-state index in [0.29, 0.717) is 10.0 Å². The second-order valence-corrected chi connectivity index (χ2v) is 13.6. The molecule has 0 saturated heterocycles. The van der Waals surface area contributed by atoms with Crippen molar-refractivity contribution >= 4 is 110 Å². The van der Waals surface area contributed by atoms with Gasteiger partial charge in [0.25, 0.3) is 0 Å². The predicted molar refractivity (Wildman–Crippen MR) is 153 cm³/mol. The largest absolute Gasteiger partial charge is 0.292 e. The minimum atomic E-state index is -0.218. The molecule has 4 aliphatic carbocycles. The van der Waals surface area contributed by atoms with Crippen molar-refractivity contribution in [3.05, 3.63) is 12.1 Å². The molecule has 1 aromatic carbocycles. The van der Waals surface area contributed by atoms with Crippen LogP contribution in [0.2, 0.25) is 0 Å². The van der Waals surface area contributed by atoms with Gasteiger partial charge in [-0.25, -0.2) is 9.98 Å². The molecule has 0 amide bonds. The molecule has 3 heterocycles. The number of carbonyl (C=O) groups excluding carboxylic acids is 4. The molecule has 3 aromatic heterocycles. The number of hydrogen-bond acceptors (Lipinski definition) is 11. The summed E-state index contributed by atoms with van der Waals surface area (Å²) in [5, 5.41) is 2.92. The second kappa shape index (κ2) is 8.74. The summed E-state index contributed by atoms with van der Waals surface area (Å²) < 4.78 is 10.9. The number of nitrogens with zero attached hydrogens (tertiary/aromatic N) is 4. The van der Waals surface area contributed by atoms with E-state index in [1.807, 2.05) is 12.1 Å². The molecule has 0 N–H and O–H groups in total. The summed E-state index contributed by atoms with van der Waals surface area (Å²) in [5.74, 6) is -1.34. The SMILES string of the molecule is O=C1C(=Nc2cc3c4nsnc4c4cc(N=C5C(=O)C6CCCCC6C5=O)sc4c3s2)C(=O)C2CCCCC12. The Labute approximate surface area is 234 Å². The van der Waals surface area contributed by atoms with E-state index in [9.17, 15) is 19.2 Å². The number of hydrogen-bond donors (Lipinski definition) is 0. The van der Waals surface area contributed by atoms with Crippen molar-refractivity contribution in [3.63, 3.8) is 0 Å². The summed E-state index contributed by atoms with van der Waals surface area (Å²) in [7, 11) is 0. The molecule has 196 valence electrons. The van der Waals surface area contributed by atoms with E-state index in [2.05, 4.69) is 18.7 Å². The summed E-state index contributed by atoms with van der Waals surface area (Å²) in [6.07, 6.45) is 6.97. The van der Waals surface area contributed by atoms with Gasteiger partial charge in [-0.2, -0.15) is 8.75 Å². The summed E-state index contributed by atoms with van der Waals surface area (Å²) >= 11 is 3.95. The molecule has 0 spiro atoms. The lowest BCUT2D eigenvalue weighted by atomic mass is 9.81. The van der Waals surface area contributed by atoms with Crippen LogP contribution < -0.4 is 0 Å². The van der Waals surface area contributed by atoms with Crippen molar-refractivity contribution in [1.82, 2.24) is 8.75 Å². The molecule has 4 aromatic rings. The van der Waals surface area contributed by atoms with Crippen molar-refractivity contribution in [3.8, 4) is 0 Å². The maximum absolute atomic E-state index is 13.0. The number of Topliss-reactive ketones (excluding diaryl/α,β-unsaturated/α-hetero) is 4. The van der Waals surface area contributed by atoms with Crippen molar-refractivity contribution in [2.24, 2.45) is 33.7 Å². The highest BCUT2D eigenvalue weighted by atomic mass is 32.1. The van der Waals surface area contributed by atoms with Crippen LogP contribution in [0.1, 0.15) is 51.4 Å². The fourth-order valence-corrected chi connectivity index (χ4v) is 9.81. The van der Waals surface area contributed by atoms with Gasteiger partial charge in [-0.1, -0.05) is 25.7 Å². The Bertz CT molecular complexity index is 1660. The molecule has 39 heavy (non-hydrogen) atoms. The van der Waals surface area contributed by atoms with E-state index >= 15 is 0 Å². The van der Waals surface area contributed by atoms with Gasteiger partial charge in [0.15, 0.2) is 34.6 Å². The van der Waals surface area contributed by atoms with Crippen molar-refractivity contribution < 1.29 is 19.2 Å². The Kier molecular flexibility index (Phi) is 5.34. The van der Waals surface area contributed by atoms with Crippen LogP contribution in [-0.4, -0.2) is 43.3 Å². The normalized spacial score (nSPS) is 27.3. The average molecular weight is 575 g/mol. The summed E-state index contributed by atoms with van der Waals surface area (Å²) in [6, 6.07) is 3.78. The highest BCUT2D eigenvalue weighted by Gasteiger charge is 2.48. The van der Waals surface area contributed by atoms with E-state index < -0.39 is 0 Å². The number of thiophene rings is 2. The van der Waals surface area contributed by atoms with Gasteiger partial charge in [-0.05, 0) is 37.8 Å². The molecule has 4 unspecified atom stereocenters. The Morgan fingerprint density at radius 2 is 0.949 bits per heavy atom. The van der Waals surface area contributed by atoms with Gasteiger partial charge in [0.1, 0.15) is 21.0 Å². The molecule has 4 fully saturated rings. The van der Waals surface area contributed by atoms with Crippen LogP contribution in [0.15, 0.2) is 22.1 Å². The maximum Gasteiger partial charge on any atom is 0.188 e. The van der Waals surface area contributed by atoms with E-state index in [4.69, 9.17) is 0 Å². The Balaban J connectivity index is 1.25. The number of ketones is 4. The summed E-state index contributed by atoms with van der Waals surface area (Å²) in [4.78, 5) is 61.3. The zero-order valence-electron chi connectivity index (χ0n) is 20.8. The molecule has 11 heteroatoms. The van der Waals surface area contributed by atoms with Gasteiger partial charge in [-0.3, -0.25) is 19.2 Å². The number of aliphatic imine (C=N–C) groups is 2. The first-order valence-corrected chi connectivity index (χ1v) is 15.8. The molecule has 0 bridgehead atoms. The van der Waals surface area contributed by atoms with Gasteiger partial charge in [0.05, 0.1) is 21.1 Å². The van der Waals surface area contributed by atoms with Gasteiger partial charge in [0, 0.05) is 34.4 Å². The lowest BCUT2D eigenvalue weighted by Crippen LogP contribution is -2.21. The predicted octanol–water partition coefficient (Wildman–Crippen LogP) is 6.18. The average Bonchev–Trinajstić information content (AvgIpc) is 3.76. The van der Waals surface area contributed by atoms with Gasteiger partial charge >= 0.3 is 0 Å². The van der Waals surface area contributed by atoms with Crippen LogP contribution in [-0.2, 0) is 19.2 Å². The lowest BCUT2D eigenvalue weighted by molar-refractivity contribution is -0.120. The minimum absolute atomic E-state index is 0.0836. The van der Waals surface area contributed by atoms with Gasteiger partial charge < -0.3 is 0 Å². The van der Waals surface area contributed by atoms with E-state index in [0.717, 1.165) is 94.3 Å². The van der Waals surface area contributed by atoms with Crippen molar-refractivity contribution in [2.45, 2.75) is 51.4 Å². The van der Waals surface area contributed by atoms with Gasteiger partial charge in [-0.15, -0.1) is 22.7 Å². The fraction of sp³-hybridized carbons (Fsp3) is 0.429. The highest BCUT2D eigenvalue weighted by molar-refractivity contribution is 7.30. The molecule has 4 aliphatic rings. The molecule has 0 aliphatic heterocycles. The first kappa shape index (κ1) is 23.8. The van der Waals surface area contributed by atoms with Crippen molar-refractivity contribution in [2.75, 3.05) is 0 Å². The quantitative estimate of drug-likeness (QED) is 0.282. The van der Waals surface area contributed by atoms with Crippen LogP contribution in [0.4, 0.5) is 10.0 Å². The first-order chi connectivity index (χ1) is 19.0. The Morgan fingerprint density at radius 1 is 0.590 bits per heavy atom. The van der Waals surface area contributed by atoms with E-state index in [1.165, 1.54) is 22.7 Å². The molecule has 4 atom stereocenters. The second-order valence-electron chi connectivity index (χ2n) is 11.0. The fourth-order valence-electron chi connectivity index (χ4n) is 7.00. The third kappa shape index (κ3) is 3.45. The van der Waals surface area contributed by atoms with Crippen LogP contribution in [0.5, 0.6) is 0 Å². The van der Waals surface area contributed by atoms with E-state index in [-0.39, 0.29) is 58.2 Å². The van der Waals surface area contributed by atoms with E-state index in [1.54, 1.807) is 0 Å². The lowest BCUT2D eigenvalue weighted by Gasteiger charge is -2.20. The molecular formula is C28H22N4O4S3. The molecule has 8 nitrogen and oxygen atoms in total. The highest BCUT2D eigenvalue weighted by Crippen LogP contribution is 2.48. The minimum Gasteiger partial charge on any atom is -0.292 e. The van der Waals surface area contributed by atoms with Crippen LogP contribution >= 0.6 is 34.4 Å². The number of fused-ring (bicyclic) bond motifs is 8. The number of aromatic nitrogens is 2. The number of rotatable bonds is 2. The van der Waals surface area contributed by atoms with Gasteiger partial charge in [0.2, 0.25) is 0 Å². The Hall–Kier alpha value is -3.02. The monoisotopic (exact) mass is 574 g/mol. The smallest absolute Gasteiger partial charge is 0.188 e. The van der Waals surface area contributed by atoms with Crippen LogP contribution in [0.3, 0.4) is 0 Å². The topological polar surface area (TPSA) is 119 Å². The third-order valence-corrected chi connectivity index (χ3v) is 11.7. The zero-order valence-corrected chi connectivity index (χ0v) is 23.2. The van der Waals surface area contributed by atoms with Crippen LogP contribution in [0.25, 0.3) is 31.2 Å². The zero-order chi connectivity index (χ0) is 26.4. The Morgan fingerprint density at radius 3 is 1.31 bits per heavy atom. The number of carbonyl (C=O) groups is 4. The summed E-state index contributed by atoms with van der Waals surface area (Å²) in [5.41, 5.74) is 1.64. The summed E-state index contributed by atoms with van der Waals surface area (Å²) in [6.45, 7) is 0. The number of benzene rings is 1. The first-order valence-electron chi connectivity index (χ1n) is 13.4. The standard InChI is InChI=1S/C28H22N4O4S3/c33-23-11-5-1-2-6-12(11)24(34)21(23)29-17-9-15-19-20(32-39-31-19)16-10-18(38-28(16)27(15)37-17)30-22-25(35)13-7-3-4-8-14(13)26(22)36/h9-14H,1-8H2. The molecule has 0 radical (unpaired) electrons. The van der Waals surface area contributed by atoms with Crippen LogP contribution in [0, 0.1) is 23.7 Å². The molecule has 4 saturated carbocycles. The maximum atomic E-state index is 13.0.